The lowest BCUT2D eigenvalue weighted by atomic mass is 10.0. The molecule has 0 aliphatic rings. The summed E-state index contributed by atoms with van der Waals surface area (Å²) in [4.78, 5) is 0. The van der Waals surface area contributed by atoms with Gasteiger partial charge in [0.05, 0.1) is 17.3 Å². The molecule has 0 aliphatic heterocycles. The molecule has 0 heterocycles. The van der Waals surface area contributed by atoms with Gasteiger partial charge in [0.25, 0.3) is 0 Å². The van der Waals surface area contributed by atoms with Crippen LogP contribution < -0.4 is 25.0 Å². The maximum Gasteiger partial charge on any atom is 0.186 e. The summed E-state index contributed by atoms with van der Waals surface area (Å²) in [5.74, 6) is 2.56. The number of thiocarbonyl (C=S) groups is 1. The van der Waals surface area contributed by atoms with Gasteiger partial charge in [-0.2, -0.15) is 5.10 Å². The maximum absolute atomic E-state index is 6.02. The van der Waals surface area contributed by atoms with E-state index in [0.29, 0.717) is 42.4 Å². The Balaban J connectivity index is 2.06. The van der Waals surface area contributed by atoms with Crippen molar-refractivity contribution in [2.75, 3.05) is 26.9 Å². The van der Waals surface area contributed by atoms with E-state index in [1.807, 2.05) is 19.1 Å². The van der Waals surface area contributed by atoms with Gasteiger partial charge in [0, 0.05) is 7.05 Å². The maximum atomic E-state index is 6.02. The molecule has 2 rings (SSSR count). The van der Waals surface area contributed by atoms with Crippen LogP contribution in [0, 0.1) is 6.92 Å². The van der Waals surface area contributed by atoms with Crippen molar-refractivity contribution in [3.8, 4) is 17.2 Å². The number of benzene rings is 2. The summed E-state index contributed by atoms with van der Waals surface area (Å²) in [6, 6.07) is 10.1. The number of rotatable bonds is 10. The number of hydrogen-bond acceptors (Lipinski definition) is 5. The zero-order chi connectivity index (χ0) is 22.8. The molecule has 0 fully saturated rings. The van der Waals surface area contributed by atoms with Crippen molar-refractivity contribution in [2.24, 2.45) is 5.10 Å². The van der Waals surface area contributed by atoms with Gasteiger partial charge in [-0.15, -0.1) is 0 Å². The molecule has 0 aliphatic carbocycles. The number of nitrogens with one attached hydrogen (secondary N) is 2. The van der Waals surface area contributed by atoms with Crippen molar-refractivity contribution in [1.29, 1.82) is 0 Å². The molecule has 2 aromatic rings. The number of nitrogens with zero attached hydrogens (tertiary/aromatic N) is 1. The molecule has 0 amide bonds. The lowest BCUT2D eigenvalue weighted by molar-refractivity contribution is 0.206. The first-order valence-electron chi connectivity index (χ1n) is 10.2. The predicted octanol–water partition coefficient (Wildman–Crippen LogP) is 5.17. The van der Waals surface area contributed by atoms with Crippen molar-refractivity contribution < 1.29 is 14.2 Å². The van der Waals surface area contributed by atoms with Gasteiger partial charge in [-0.25, -0.2) is 0 Å². The fourth-order valence-corrected chi connectivity index (χ4v) is 3.45. The monoisotopic (exact) mass is 507 g/mol. The molecule has 0 saturated carbocycles. The molecule has 6 nitrogen and oxygen atoms in total. The van der Waals surface area contributed by atoms with Crippen LogP contribution >= 0.6 is 28.1 Å². The second-order valence-electron chi connectivity index (χ2n) is 7.11. The Labute approximate surface area is 198 Å². The van der Waals surface area contributed by atoms with Gasteiger partial charge in [0.15, 0.2) is 16.6 Å². The Bertz CT molecular complexity index is 919. The van der Waals surface area contributed by atoms with E-state index in [9.17, 15) is 0 Å². The molecule has 31 heavy (non-hydrogen) atoms. The van der Waals surface area contributed by atoms with E-state index >= 15 is 0 Å². The molecule has 0 aromatic heterocycles. The SMILES string of the molecule is CCOc1cc(C=NNC(=S)NC)cc(Br)c1OCCOc1cc(C)ccc1C(C)C. The van der Waals surface area contributed by atoms with Crippen LogP contribution in [0.2, 0.25) is 0 Å². The molecule has 2 N–H and O–H groups in total. The van der Waals surface area contributed by atoms with Gasteiger partial charge in [-0.1, -0.05) is 26.0 Å². The van der Waals surface area contributed by atoms with Crippen LogP contribution in [0.25, 0.3) is 0 Å². The van der Waals surface area contributed by atoms with Crippen molar-refractivity contribution in [2.45, 2.75) is 33.6 Å². The summed E-state index contributed by atoms with van der Waals surface area (Å²) in [5, 5.41) is 7.34. The average Bonchev–Trinajstić information content (AvgIpc) is 2.72. The third-order valence-corrected chi connectivity index (χ3v) is 5.20. The van der Waals surface area contributed by atoms with Gasteiger partial charge in [0.1, 0.15) is 19.0 Å². The highest BCUT2D eigenvalue weighted by molar-refractivity contribution is 9.10. The zero-order valence-corrected chi connectivity index (χ0v) is 21.0. The number of ether oxygens (including phenoxy) is 3. The largest absolute Gasteiger partial charge is 0.490 e. The van der Waals surface area contributed by atoms with Gasteiger partial charge < -0.3 is 19.5 Å². The Morgan fingerprint density at radius 1 is 1.13 bits per heavy atom. The summed E-state index contributed by atoms with van der Waals surface area (Å²) >= 11 is 8.58. The summed E-state index contributed by atoms with van der Waals surface area (Å²) in [6.07, 6.45) is 1.66. The van der Waals surface area contributed by atoms with E-state index in [0.717, 1.165) is 15.8 Å². The predicted molar refractivity (Wildman–Crippen MR) is 134 cm³/mol. The third-order valence-electron chi connectivity index (χ3n) is 4.32. The van der Waals surface area contributed by atoms with E-state index in [1.54, 1.807) is 13.3 Å². The fraction of sp³-hybridized carbons (Fsp3) is 0.391. The zero-order valence-electron chi connectivity index (χ0n) is 18.6. The summed E-state index contributed by atoms with van der Waals surface area (Å²) in [6.45, 7) is 9.64. The number of aryl methyl sites for hydroxylation is 1. The van der Waals surface area contributed by atoms with Crippen LogP contribution in [-0.2, 0) is 0 Å². The lowest BCUT2D eigenvalue weighted by Crippen LogP contribution is -2.28. The first-order chi connectivity index (χ1) is 14.8. The third kappa shape index (κ3) is 7.70. The smallest absolute Gasteiger partial charge is 0.186 e. The first kappa shape index (κ1) is 24.9. The number of hydrazone groups is 1. The van der Waals surface area contributed by atoms with Crippen LogP contribution in [0.4, 0.5) is 0 Å². The fourth-order valence-electron chi connectivity index (χ4n) is 2.83. The van der Waals surface area contributed by atoms with Crippen molar-refractivity contribution in [3.05, 3.63) is 51.5 Å². The van der Waals surface area contributed by atoms with E-state index < -0.39 is 0 Å². The van der Waals surface area contributed by atoms with Crippen LogP contribution in [0.5, 0.6) is 17.2 Å². The van der Waals surface area contributed by atoms with E-state index in [2.05, 4.69) is 70.7 Å². The lowest BCUT2D eigenvalue weighted by Gasteiger charge is -2.17. The average molecular weight is 508 g/mol. The molecule has 0 unspecified atom stereocenters. The summed E-state index contributed by atoms with van der Waals surface area (Å²) in [5.41, 5.74) is 5.93. The van der Waals surface area contributed by atoms with Crippen LogP contribution in [-0.4, -0.2) is 38.2 Å². The van der Waals surface area contributed by atoms with E-state index in [1.165, 1.54) is 11.1 Å². The van der Waals surface area contributed by atoms with Gasteiger partial charge in [-0.3, -0.25) is 5.43 Å². The minimum absolute atomic E-state index is 0.385. The van der Waals surface area contributed by atoms with Gasteiger partial charge >= 0.3 is 0 Å². The summed E-state index contributed by atoms with van der Waals surface area (Å²) < 4.78 is 18.6. The molecule has 0 saturated heterocycles. The quantitative estimate of drug-likeness (QED) is 0.200. The van der Waals surface area contributed by atoms with E-state index in [4.69, 9.17) is 26.4 Å². The molecular weight excluding hydrogens is 478 g/mol. The van der Waals surface area contributed by atoms with Crippen LogP contribution in [0.1, 0.15) is 43.4 Å². The molecular formula is C23H30BrN3O3S. The van der Waals surface area contributed by atoms with Crippen molar-refractivity contribution in [1.82, 2.24) is 10.7 Å². The molecule has 0 radical (unpaired) electrons. The molecule has 0 spiro atoms. The number of hydrogen-bond donors (Lipinski definition) is 2. The molecule has 0 bridgehead atoms. The minimum Gasteiger partial charge on any atom is -0.490 e. The molecule has 8 heteroatoms. The Kier molecular flexibility index (Phi) is 10.1. The standard InChI is InChI=1S/C23H30BrN3O3S/c1-6-28-21-13-17(14-26-27-23(31)25-5)12-19(24)22(21)30-10-9-29-20-11-16(4)7-8-18(20)15(2)3/h7-8,11-15H,6,9-10H2,1-5H3,(H2,25,27,31). The highest BCUT2D eigenvalue weighted by Gasteiger charge is 2.13. The minimum atomic E-state index is 0.385. The van der Waals surface area contributed by atoms with Crippen molar-refractivity contribution in [3.63, 3.8) is 0 Å². The van der Waals surface area contributed by atoms with Crippen LogP contribution in [0.3, 0.4) is 0 Å². The highest BCUT2D eigenvalue weighted by atomic mass is 79.9. The van der Waals surface area contributed by atoms with Crippen LogP contribution in [0.15, 0.2) is 39.9 Å². The Morgan fingerprint density at radius 3 is 2.55 bits per heavy atom. The van der Waals surface area contributed by atoms with Gasteiger partial charge in [0.2, 0.25) is 0 Å². The Hall–Kier alpha value is -2.32. The molecule has 0 atom stereocenters. The molecule has 2 aromatic carbocycles. The van der Waals surface area contributed by atoms with Gasteiger partial charge in [-0.05, 0) is 82.8 Å². The number of halogens is 1. The highest BCUT2D eigenvalue weighted by Crippen LogP contribution is 2.36. The molecule has 168 valence electrons. The Morgan fingerprint density at radius 2 is 1.87 bits per heavy atom. The normalized spacial score (nSPS) is 10.9. The summed E-state index contributed by atoms with van der Waals surface area (Å²) in [7, 11) is 1.73. The van der Waals surface area contributed by atoms with E-state index in [-0.39, 0.29) is 0 Å². The van der Waals surface area contributed by atoms with Crippen molar-refractivity contribution >= 4 is 39.5 Å². The topological polar surface area (TPSA) is 64.1 Å². The second kappa shape index (κ2) is 12.5. The first-order valence-corrected chi connectivity index (χ1v) is 11.4. The second-order valence-corrected chi connectivity index (χ2v) is 8.37.